The minimum atomic E-state index is -3.61. The number of fused-ring (bicyclic) bond motifs is 2. The molecule has 0 amide bonds. The van der Waals surface area contributed by atoms with E-state index < -0.39 is 10.0 Å². The van der Waals surface area contributed by atoms with E-state index in [1.54, 1.807) is 6.07 Å². The van der Waals surface area contributed by atoms with Crippen LogP contribution in [0, 0.1) is 30.6 Å². The zero-order chi connectivity index (χ0) is 17.0. The molecule has 1 N–H and O–H groups in total. The Kier molecular flexibility index (Phi) is 3.63. The monoisotopic (exact) mass is 334 g/mol. The Morgan fingerprint density at radius 3 is 2.43 bits per heavy atom. The maximum atomic E-state index is 12.6. The van der Waals surface area contributed by atoms with E-state index in [1.807, 2.05) is 26.0 Å². The van der Waals surface area contributed by atoms with Gasteiger partial charge in [0.25, 0.3) is 10.0 Å². The molecule has 0 spiro atoms. The Morgan fingerprint density at radius 1 is 1.22 bits per heavy atom. The van der Waals surface area contributed by atoms with Gasteiger partial charge in [-0.3, -0.25) is 0 Å². The van der Waals surface area contributed by atoms with Gasteiger partial charge in [-0.05, 0) is 56.1 Å². The van der Waals surface area contributed by atoms with E-state index >= 15 is 0 Å². The second kappa shape index (κ2) is 5.07. The van der Waals surface area contributed by atoms with Crippen molar-refractivity contribution in [2.75, 3.05) is 0 Å². The van der Waals surface area contributed by atoms with Gasteiger partial charge in [-0.15, -0.1) is 0 Å². The zero-order valence-corrected chi connectivity index (χ0v) is 15.4. The van der Waals surface area contributed by atoms with Crippen LogP contribution in [0.4, 0.5) is 0 Å². The molecule has 0 saturated heterocycles. The maximum absolute atomic E-state index is 12.6. The second-order valence-electron chi connectivity index (χ2n) is 7.92. The highest BCUT2D eigenvalue weighted by atomic mass is 32.2. The van der Waals surface area contributed by atoms with E-state index in [2.05, 4.69) is 30.7 Å². The molecule has 2 aliphatic carbocycles. The average Bonchev–Trinajstić information content (AvgIpc) is 2.77. The van der Waals surface area contributed by atoms with Gasteiger partial charge in [0.2, 0.25) is 0 Å². The lowest BCUT2D eigenvalue weighted by Gasteiger charge is -2.34. The molecule has 2 unspecified atom stereocenters. The molecule has 126 valence electrons. The number of nitrogens with zero attached hydrogens (tertiary/aromatic N) is 1. The summed E-state index contributed by atoms with van der Waals surface area (Å²) in [4.78, 5) is 2.79. The molecule has 0 aromatic heterocycles. The highest BCUT2D eigenvalue weighted by molar-refractivity contribution is 7.89. The predicted molar refractivity (Wildman–Crippen MR) is 92.9 cm³/mol. The lowest BCUT2D eigenvalue weighted by atomic mass is 9.70. The molecule has 2 atom stereocenters. The summed E-state index contributed by atoms with van der Waals surface area (Å²) in [5.41, 5.74) is 3.00. The number of nitrogens with one attached hydrogen (secondary N) is 1. The first-order chi connectivity index (χ1) is 10.6. The SMILES string of the molecule is Cc1ccc(S(=O)(=O)N/N=C2/CC3CCC2(C)C3(C)C)c(C)c1. The Bertz CT molecular complexity index is 780. The molecule has 3 rings (SSSR count). The van der Waals surface area contributed by atoms with Crippen LogP contribution >= 0.6 is 0 Å². The van der Waals surface area contributed by atoms with Gasteiger partial charge in [-0.25, -0.2) is 4.83 Å². The van der Waals surface area contributed by atoms with Crippen molar-refractivity contribution in [2.24, 2.45) is 21.8 Å². The highest BCUT2D eigenvalue weighted by Crippen LogP contribution is 2.63. The minimum absolute atomic E-state index is 0.00249. The van der Waals surface area contributed by atoms with Crippen LogP contribution in [-0.4, -0.2) is 14.1 Å². The first-order valence-electron chi connectivity index (χ1n) is 8.24. The summed E-state index contributed by atoms with van der Waals surface area (Å²) in [5, 5.41) is 4.36. The lowest BCUT2D eigenvalue weighted by Crippen LogP contribution is -2.34. The summed E-state index contributed by atoms with van der Waals surface area (Å²) in [5.74, 6) is 0.608. The van der Waals surface area contributed by atoms with Crippen LogP contribution in [0.25, 0.3) is 0 Å². The first kappa shape index (κ1) is 16.5. The Labute approximate surface area is 139 Å². The molecule has 5 heteroatoms. The number of hydrogen-bond acceptors (Lipinski definition) is 3. The molecule has 23 heavy (non-hydrogen) atoms. The lowest BCUT2D eigenvalue weighted by molar-refractivity contribution is 0.193. The zero-order valence-electron chi connectivity index (χ0n) is 14.6. The third kappa shape index (κ3) is 2.40. The molecule has 1 aromatic rings. The molecule has 0 heterocycles. The van der Waals surface area contributed by atoms with Crippen LogP contribution < -0.4 is 4.83 Å². The van der Waals surface area contributed by atoms with Crippen molar-refractivity contribution in [3.63, 3.8) is 0 Å². The van der Waals surface area contributed by atoms with Gasteiger partial charge in [0, 0.05) is 11.1 Å². The summed E-state index contributed by atoms with van der Waals surface area (Å²) in [6.45, 7) is 10.6. The van der Waals surface area contributed by atoms with Crippen LogP contribution in [0.3, 0.4) is 0 Å². The van der Waals surface area contributed by atoms with E-state index in [9.17, 15) is 8.42 Å². The van der Waals surface area contributed by atoms with Gasteiger partial charge in [-0.2, -0.15) is 13.5 Å². The molecular weight excluding hydrogens is 308 g/mol. The Morgan fingerprint density at radius 2 is 1.91 bits per heavy atom. The Hall–Kier alpha value is -1.36. The third-order valence-electron chi connectivity index (χ3n) is 6.43. The number of hydrogen-bond donors (Lipinski definition) is 1. The Balaban J connectivity index is 1.88. The summed E-state index contributed by atoms with van der Waals surface area (Å²) >= 11 is 0. The maximum Gasteiger partial charge on any atom is 0.276 e. The summed E-state index contributed by atoms with van der Waals surface area (Å²) in [6.07, 6.45) is 3.21. The van der Waals surface area contributed by atoms with Crippen LogP contribution in [0.1, 0.15) is 51.2 Å². The van der Waals surface area contributed by atoms with Crippen molar-refractivity contribution < 1.29 is 8.42 Å². The molecule has 2 aliphatic rings. The van der Waals surface area contributed by atoms with E-state index in [0.717, 1.165) is 29.7 Å². The number of rotatable bonds is 3. The van der Waals surface area contributed by atoms with Gasteiger partial charge in [-0.1, -0.05) is 38.5 Å². The highest BCUT2D eigenvalue weighted by Gasteiger charge is 2.60. The van der Waals surface area contributed by atoms with Crippen molar-refractivity contribution in [3.8, 4) is 0 Å². The number of hydrazone groups is 1. The van der Waals surface area contributed by atoms with Gasteiger partial charge in [0.1, 0.15) is 0 Å². The third-order valence-corrected chi connectivity index (χ3v) is 7.80. The second-order valence-corrected chi connectivity index (χ2v) is 9.54. The summed E-state index contributed by atoms with van der Waals surface area (Å²) < 4.78 is 25.1. The van der Waals surface area contributed by atoms with E-state index in [0.29, 0.717) is 10.8 Å². The van der Waals surface area contributed by atoms with Crippen LogP contribution in [0.2, 0.25) is 0 Å². The van der Waals surface area contributed by atoms with Crippen molar-refractivity contribution in [2.45, 2.75) is 58.8 Å². The topological polar surface area (TPSA) is 58.5 Å². The van der Waals surface area contributed by atoms with E-state index in [1.165, 1.54) is 6.42 Å². The average molecular weight is 334 g/mol. The number of sulfonamides is 1. The molecule has 2 saturated carbocycles. The molecule has 0 aliphatic heterocycles. The van der Waals surface area contributed by atoms with Crippen LogP contribution in [0.15, 0.2) is 28.2 Å². The molecular formula is C18H26N2O2S. The fourth-order valence-electron chi connectivity index (χ4n) is 4.36. The van der Waals surface area contributed by atoms with Gasteiger partial charge >= 0.3 is 0 Å². The van der Waals surface area contributed by atoms with Crippen LogP contribution in [0.5, 0.6) is 0 Å². The fourth-order valence-corrected chi connectivity index (χ4v) is 5.42. The predicted octanol–water partition coefficient (Wildman–Crippen LogP) is 3.78. The quantitative estimate of drug-likeness (QED) is 0.855. The van der Waals surface area contributed by atoms with Crippen molar-refractivity contribution in [1.82, 2.24) is 4.83 Å². The normalized spacial score (nSPS) is 30.8. The number of aryl methyl sites for hydroxylation is 2. The smallest absolute Gasteiger partial charge is 0.200 e. The summed E-state index contributed by atoms with van der Waals surface area (Å²) in [7, 11) is -3.61. The van der Waals surface area contributed by atoms with Crippen LogP contribution in [-0.2, 0) is 10.0 Å². The van der Waals surface area contributed by atoms with Crippen molar-refractivity contribution in [3.05, 3.63) is 29.3 Å². The fraction of sp³-hybridized carbons (Fsp3) is 0.611. The standard InChI is InChI=1S/C18H26N2O2S/c1-12-6-7-15(13(2)10-12)23(21,22)20-19-16-11-14-8-9-18(16,5)17(14,3)4/h6-7,10,14,20H,8-9,11H2,1-5H3/b19-16-. The molecule has 2 fully saturated rings. The minimum Gasteiger partial charge on any atom is -0.200 e. The van der Waals surface area contributed by atoms with E-state index in [4.69, 9.17) is 0 Å². The largest absolute Gasteiger partial charge is 0.276 e. The van der Waals surface area contributed by atoms with Crippen molar-refractivity contribution >= 4 is 15.7 Å². The summed E-state index contributed by atoms with van der Waals surface area (Å²) in [6, 6.07) is 5.35. The van der Waals surface area contributed by atoms with Gasteiger partial charge in [0.15, 0.2) is 0 Å². The number of benzene rings is 1. The van der Waals surface area contributed by atoms with E-state index in [-0.39, 0.29) is 10.8 Å². The molecule has 4 nitrogen and oxygen atoms in total. The van der Waals surface area contributed by atoms with Gasteiger partial charge < -0.3 is 0 Å². The first-order valence-corrected chi connectivity index (χ1v) is 9.72. The van der Waals surface area contributed by atoms with Gasteiger partial charge in [0.05, 0.1) is 4.90 Å². The molecule has 0 radical (unpaired) electrons. The van der Waals surface area contributed by atoms with Crippen molar-refractivity contribution in [1.29, 1.82) is 0 Å². The molecule has 2 bridgehead atoms. The molecule has 1 aromatic carbocycles.